The summed E-state index contributed by atoms with van der Waals surface area (Å²) in [7, 11) is 0. The number of nitrogens with zero attached hydrogens (tertiary/aromatic N) is 2. The molecular formula is C15H18ClN3O4. The molecule has 1 aromatic carbocycles. The van der Waals surface area contributed by atoms with E-state index in [9.17, 15) is 9.90 Å². The Morgan fingerprint density at radius 1 is 1.30 bits per heavy atom. The molecule has 0 saturated heterocycles. The summed E-state index contributed by atoms with van der Waals surface area (Å²) in [6.07, 6.45) is 1.37. The SMILES string of the molecule is CCOC(=O)C(C(N)=N/N=C\c1ccccc1Cl)=C(O)OCC. The van der Waals surface area contributed by atoms with E-state index in [0.717, 1.165) is 0 Å². The number of amidine groups is 1. The maximum Gasteiger partial charge on any atom is 0.349 e. The van der Waals surface area contributed by atoms with Crippen LogP contribution in [0.5, 0.6) is 0 Å². The number of halogens is 1. The molecule has 0 atom stereocenters. The molecule has 0 fully saturated rings. The molecule has 0 heterocycles. The monoisotopic (exact) mass is 339 g/mol. The Bertz CT molecular complexity index is 641. The number of hydrogen-bond acceptors (Lipinski definition) is 6. The average Bonchev–Trinajstić information content (AvgIpc) is 2.50. The highest BCUT2D eigenvalue weighted by molar-refractivity contribution is 6.33. The van der Waals surface area contributed by atoms with Gasteiger partial charge in [-0.15, -0.1) is 5.10 Å². The van der Waals surface area contributed by atoms with Crippen molar-refractivity contribution >= 4 is 29.6 Å². The van der Waals surface area contributed by atoms with Crippen molar-refractivity contribution in [3.63, 3.8) is 0 Å². The van der Waals surface area contributed by atoms with Crippen molar-refractivity contribution in [1.29, 1.82) is 0 Å². The van der Waals surface area contributed by atoms with Gasteiger partial charge in [0.05, 0.1) is 19.4 Å². The van der Waals surface area contributed by atoms with Crippen LogP contribution in [-0.4, -0.2) is 36.3 Å². The number of carbonyl (C=O) groups is 1. The van der Waals surface area contributed by atoms with Crippen LogP contribution in [0.1, 0.15) is 19.4 Å². The minimum Gasteiger partial charge on any atom is -0.480 e. The quantitative estimate of drug-likeness (QED) is 0.198. The van der Waals surface area contributed by atoms with E-state index in [2.05, 4.69) is 10.2 Å². The molecule has 0 saturated carbocycles. The maximum atomic E-state index is 11.8. The number of nitrogens with two attached hydrogens (primary N) is 1. The van der Waals surface area contributed by atoms with Gasteiger partial charge in [-0.05, 0) is 19.9 Å². The highest BCUT2D eigenvalue weighted by atomic mass is 35.5. The van der Waals surface area contributed by atoms with Crippen LogP contribution in [-0.2, 0) is 14.3 Å². The number of ether oxygens (including phenoxy) is 2. The number of aliphatic hydroxyl groups excluding tert-OH is 1. The van der Waals surface area contributed by atoms with E-state index in [1.807, 2.05) is 0 Å². The Kier molecular flexibility index (Phi) is 7.62. The molecule has 8 heteroatoms. The number of benzene rings is 1. The molecule has 0 aliphatic rings. The van der Waals surface area contributed by atoms with Gasteiger partial charge < -0.3 is 20.3 Å². The minimum absolute atomic E-state index is 0.109. The molecule has 0 radical (unpaired) electrons. The predicted molar refractivity (Wildman–Crippen MR) is 88.6 cm³/mol. The molecule has 0 aromatic heterocycles. The second kappa shape index (κ2) is 9.47. The topological polar surface area (TPSA) is 107 Å². The first kappa shape index (κ1) is 18.5. The Morgan fingerprint density at radius 2 is 1.96 bits per heavy atom. The van der Waals surface area contributed by atoms with Crippen LogP contribution in [0.2, 0.25) is 5.02 Å². The van der Waals surface area contributed by atoms with E-state index < -0.39 is 11.9 Å². The highest BCUT2D eigenvalue weighted by Crippen LogP contribution is 2.12. The molecule has 0 aliphatic carbocycles. The molecule has 0 bridgehead atoms. The predicted octanol–water partition coefficient (Wildman–Crippen LogP) is 2.40. The van der Waals surface area contributed by atoms with Crippen LogP contribution < -0.4 is 5.73 Å². The summed E-state index contributed by atoms with van der Waals surface area (Å²) in [6, 6.07) is 6.99. The van der Waals surface area contributed by atoms with E-state index in [0.29, 0.717) is 10.6 Å². The molecule has 0 aliphatic heterocycles. The number of esters is 1. The van der Waals surface area contributed by atoms with Crippen LogP contribution in [0, 0.1) is 0 Å². The number of aliphatic hydroxyl groups is 1. The maximum absolute atomic E-state index is 11.8. The Balaban J connectivity index is 3.05. The van der Waals surface area contributed by atoms with Gasteiger partial charge in [0.25, 0.3) is 5.95 Å². The standard InChI is InChI=1S/C15H18ClN3O4/c1-3-22-14(20)12(15(21)23-4-2)13(17)19-18-9-10-7-5-6-8-11(10)16/h5-9,20H,3-4H2,1-2H3,(H2,17,19)/b14-12?,18-9-. The summed E-state index contributed by atoms with van der Waals surface area (Å²) in [5.74, 6) is -1.86. The zero-order chi connectivity index (χ0) is 17.2. The second-order valence-corrected chi connectivity index (χ2v) is 4.49. The summed E-state index contributed by atoms with van der Waals surface area (Å²) in [6.45, 7) is 3.51. The lowest BCUT2D eigenvalue weighted by Crippen LogP contribution is -2.25. The lowest BCUT2D eigenvalue weighted by atomic mass is 10.2. The third kappa shape index (κ3) is 5.63. The summed E-state index contributed by atoms with van der Waals surface area (Å²) >= 11 is 5.97. The molecule has 3 N–H and O–H groups in total. The number of carbonyl (C=O) groups excluding carboxylic acids is 1. The zero-order valence-electron chi connectivity index (χ0n) is 12.8. The largest absolute Gasteiger partial charge is 0.480 e. The van der Waals surface area contributed by atoms with E-state index in [4.69, 9.17) is 26.8 Å². The van der Waals surface area contributed by atoms with E-state index in [1.54, 1.807) is 38.1 Å². The van der Waals surface area contributed by atoms with Gasteiger partial charge in [0.2, 0.25) is 0 Å². The van der Waals surface area contributed by atoms with Crippen molar-refractivity contribution < 1.29 is 19.4 Å². The fourth-order valence-electron chi connectivity index (χ4n) is 1.50. The summed E-state index contributed by atoms with van der Waals surface area (Å²) < 4.78 is 9.68. The minimum atomic E-state index is -0.854. The first-order valence-electron chi connectivity index (χ1n) is 6.85. The van der Waals surface area contributed by atoms with Crippen molar-refractivity contribution in [3.8, 4) is 0 Å². The molecule has 23 heavy (non-hydrogen) atoms. The Labute approximate surface area is 139 Å². The Morgan fingerprint density at radius 3 is 2.57 bits per heavy atom. The van der Waals surface area contributed by atoms with Crippen LogP contribution in [0.25, 0.3) is 0 Å². The van der Waals surface area contributed by atoms with Crippen molar-refractivity contribution in [2.45, 2.75) is 13.8 Å². The summed E-state index contributed by atoms with van der Waals surface area (Å²) in [5, 5.41) is 17.7. The third-order valence-corrected chi connectivity index (χ3v) is 2.84. The molecule has 124 valence electrons. The molecule has 0 spiro atoms. The fourth-order valence-corrected chi connectivity index (χ4v) is 1.68. The molecular weight excluding hydrogens is 322 g/mol. The highest BCUT2D eigenvalue weighted by Gasteiger charge is 2.22. The van der Waals surface area contributed by atoms with E-state index in [-0.39, 0.29) is 24.6 Å². The smallest absolute Gasteiger partial charge is 0.349 e. The van der Waals surface area contributed by atoms with Gasteiger partial charge in [-0.25, -0.2) is 4.79 Å². The fraction of sp³-hybridized carbons (Fsp3) is 0.267. The normalized spacial score (nSPS) is 12.9. The third-order valence-electron chi connectivity index (χ3n) is 2.50. The van der Waals surface area contributed by atoms with Gasteiger partial charge in [0, 0.05) is 10.6 Å². The molecule has 0 unspecified atom stereocenters. The second-order valence-electron chi connectivity index (χ2n) is 4.08. The first-order chi connectivity index (χ1) is 11.0. The van der Waals surface area contributed by atoms with Crippen molar-refractivity contribution in [2.75, 3.05) is 13.2 Å². The summed E-state index contributed by atoms with van der Waals surface area (Å²) in [5.41, 5.74) is 5.93. The van der Waals surface area contributed by atoms with Gasteiger partial charge >= 0.3 is 5.97 Å². The summed E-state index contributed by atoms with van der Waals surface area (Å²) in [4.78, 5) is 11.8. The van der Waals surface area contributed by atoms with Crippen molar-refractivity contribution in [3.05, 3.63) is 46.4 Å². The molecule has 7 nitrogen and oxygen atoms in total. The lowest BCUT2D eigenvalue weighted by Gasteiger charge is -2.08. The average molecular weight is 340 g/mol. The molecule has 1 rings (SSSR count). The van der Waals surface area contributed by atoms with Crippen LogP contribution in [0.15, 0.2) is 46.0 Å². The van der Waals surface area contributed by atoms with Crippen LogP contribution >= 0.6 is 11.6 Å². The zero-order valence-corrected chi connectivity index (χ0v) is 13.6. The van der Waals surface area contributed by atoms with Gasteiger partial charge in [-0.2, -0.15) is 5.10 Å². The molecule has 0 amide bonds. The Hall–Kier alpha value is -2.54. The van der Waals surface area contributed by atoms with Gasteiger partial charge in [-0.3, -0.25) is 0 Å². The van der Waals surface area contributed by atoms with Gasteiger partial charge in [0.1, 0.15) is 0 Å². The van der Waals surface area contributed by atoms with E-state index >= 15 is 0 Å². The van der Waals surface area contributed by atoms with Crippen LogP contribution in [0.4, 0.5) is 0 Å². The molecule has 1 aromatic rings. The van der Waals surface area contributed by atoms with Gasteiger partial charge in [0.15, 0.2) is 11.4 Å². The van der Waals surface area contributed by atoms with Crippen LogP contribution in [0.3, 0.4) is 0 Å². The first-order valence-corrected chi connectivity index (χ1v) is 7.23. The van der Waals surface area contributed by atoms with Crippen molar-refractivity contribution in [1.82, 2.24) is 0 Å². The number of hydrogen-bond donors (Lipinski definition) is 2. The van der Waals surface area contributed by atoms with Gasteiger partial charge in [-0.1, -0.05) is 29.8 Å². The van der Waals surface area contributed by atoms with E-state index in [1.165, 1.54) is 6.21 Å². The number of rotatable bonds is 7. The van der Waals surface area contributed by atoms with Crippen molar-refractivity contribution in [2.24, 2.45) is 15.9 Å². The lowest BCUT2D eigenvalue weighted by molar-refractivity contribution is -0.138.